The van der Waals surface area contributed by atoms with Crippen molar-refractivity contribution in [3.63, 3.8) is 0 Å². The lowest BCUT2D eigenvalue weighted by Crippen LogP contribution is -2.56. The predicted octanol–water partition coefficient (Wildman–Crippen LogP) is 4.77. The molecule has 9 heteroatoms. The van der Waals surface area contributed by atoms with E-state index in [1.165, 1.54) is 23.0 Å². The van der Waals surface area contributed by atoms with Crippen LogP contribution in [-0.2, 0) is 19.1 Å². The van der Waals surface area contributed by atoms with Gasteiger partial charge in [0.15, 0.2) is 23.2 Å². The summed E-state index contributed by atoms with van der Waals surface area (Å²) >= 11 is 5.63. The van der Waals surface area contributed by atoms with E-state index in [9.17, 15) is 14.4 Å². The van der Waals surface area contributed by atoms with Gasteiger partial charge in [0.2, 0.25) is 0 Å². The Balaban J connectivity index is 1.71. The molecule has 0 saturated carbocycles. The van der Waals surface area contributed by atoms with E-state index in [2.05, 4.69) is 0 Å². The first-order valence-electron chi connectivity index (χ1n) is 11.8. The highest BCUT2D eigenvalue weighted by molar-refractivity contribution is 7.81. The molecule has 3 aromatic carbocycles. The van der Waals surface area contributed by atoms with Gasteiger partial charge in [-0.3, -0.25) is 19.4 Å². The summed E-state index contributed by atoms with van der Waals surface area (Å²) in [6, 6.07) is 22.7. The van der Waals surface area contributed by atoms with E-state index >= 15 is 0 Å². The Kier molecular flexibility index (Phi) is 8.18. The molecule has 1 saturated heterocycles. The number of esters is 1. The highest BCUT2D eigenvalue weighted by Crippen LogP contribution is 2.32. The maximum Gasteiger partial charge on any atom is 0.344 e. The van der Waals surface area contributed by atoms with Crippen molar-refractivity contribution >= 4 is 52.6 Å². The standard InChI is InChI=1S/C29H26N2O6S/c1-19(2)37-26(32)18-36-24-15-14-20(17-25(24)35-3)16-23-27(33)30(21-10-6-4-7-11-21)29(38)31(28(23)34)22-12-8-5-9-13-22/h4-17,19H,18H2,1-3H3. The van der Waals surface area contributed by atoms with E-state index in [-0.39, 0.29) is 23.4 Å². The van der Waals surface area contributed by atoms with Crippen LogP contribution in [0.1, 0.15) is 19.4 Å². The second-order valence-electron chi connectivity index (χ2n) is 8.53. The molecule has 0 radical (unpaired) electrons. The van der Waals surface area contributed by atoms with Gasteiger partial charge in [-0.2, -0.15) is 0 Å². The number of thiocarbonyl (C=S) groups is 1. The fourth-order valence-corrected chi connectivity index (χ4v) is 4.21. The molecular weight excluding hydrogens is 504 g/mol. The van der Waals surface area contributed by atoms with Crippen molar-refractivity contribution in [3.8, 4) is 11.5 Å². The van der Waals surface area contributed by atoms with E-state index in [4.69, 9.17) is 26.4 Å². The van der Waals surface area contributed by atoms with Gasteiger partial charge in [0.25, 0.3) is 11.8 Å². The van der Waals surface area contributed by atoms with Crippen LogP contribution in [-0.4, -0.2) is 42.7 Å². The number of methoxy groups -OCH3 is 1. The highest BCUT2D eigenvalue weighted by atomic mass is 32.1. The van der Waals surface area contributed by atoms with Crippen LogP contribution in [0.15, 0.2) is 84.4 Å². The number of ether oxygens (including phenoxy) is 3. The highest BCUT2D eigenvalue weighted by Gasteiger charge is 2.41. The first-order chi connectivity index (χ1) is 18.3. The number of rotatable bonds is 8. The molecule has 0 N–H and O–H groups in total. The lowest BCUT2D eigenvalue weighted by Gasteiger charge is -2.36. The molecule has 1 aliphatic rings. The normalized spacial score (nSPS) is 13.6. The molecule has 0 unspecified atom stereocenters. The van der Waals surface area contributed by atoms with Crippen LogP contribution in [0, 0.1) is 0 Å². The minimum Gasteiger partial charge on any atom is -0.493 e. The Hall–Kier alpha value is -4.50. The van der Waals surface area contributed by atoms with E-state index in [0.717, 1.165) is 0 Å². The van der Waals surface area contributed by atoms with Gasteiger partial charge >= 0.3 is 5.97 Å². The number of carbonyl (C=O) groups excluding carboxylic acids is 3. The molecule has 1 aliphatic heterocycles. The largest absolute Gasteiger partial charge is 0.493 e. The molecule has 1 heterocycles. The van der Waals surface area contributed by atoms with Gasteiger partial charge < -0.3 is 14.2 Å². The van der Waals surface area contributed by atoms with Crippen molar-refractivity contribution < 1.29 is 28.6 Å². The number of hydrogen-bond acceptors (Lipinski definition) is 7. The third-order valence-corrected chi connectivity index (χ3v) is 5.85. The summed E-state index contributed by atoms with van der Waals surface area (Å²) in [4.78, 5) is 41.8. The molecule has 0 bridgehead atoms. The topological polar surface area (TPSA) is 85.4 Å². The zero-order valence-corrected chi connectivity index (χ0v) is 21.9. The molecule has 0 spiro atoms. The quantitative estimate of drug-likeness (QED) is 0.179. The summed E-state index contributed by atoms with van der Waals surface area (Å²) in [6.07, 6.45) is 1.23. The molecule has 2 amide bonds. The maximum absolute atomic E-state index is 13.6. The molecular formula is C29H26N2O6S. The second kappa shape index (κ2) is 11.7. The van der Waals surface area contributed by atoms with E-state index in [1.807, 2.05) is 12.1 Å². The first-order valence-corrected chi connectivity index (χ1v) is 12.3. The lowest BCUT2D eigenvalue weighted by molar-refractivity contribution is -0.149. The fourth-order valence-electron chi connectivity index (χ4n) is 3.83. The number of anilines is 2. The van der Waals surface area contributed by atoms with E-state index in [1.54, 1.807) is 80.6 Å². The molecule has 0 atom stereocenters. The SMILES string of the molecule is COc1cc(C=C2C(=O)N(c3ccccc3)C(=S)N(c3ccccc3)C2=O)ccc1OCC(=O)OC(C)C. The Labute approximate surface area is 226 Å². The molecule has 1 fully saturated rings. The zero-order valence-electron chi connectivity index (χ0n) is 21.1. The fraction of sp³-hybridized carbons (Fsp3) is 0.172. The Morgan fingerprint density at radius 3 is 1.92 bits per heavy atom. The molecule has 0 aromatic heterocycles. The molecule has 38 heavy (non-hydrogen) atoms. The second-order valence-corrected chi connectivity index (χ2v) is 8.90. The molecule has 0 aliphatic carbocycles. The van der Waals surface area contributed by atoms with Gasteiger partial charge in [-0.05, 0) is 74.1 Å². The Bertz CT molecular complexity index is 1330. The molecule has 8 nitrogen and oxygen atoms in total. The van der Waals surface area contributed by atoms with Crippen molar-refractivity contribution in [1.29, 1.82) is 0 Å². The van der Waals surface area contributed by atoms with Crippen molar-refractivity contribution in [2.24, 2.45) is 0 Å². The Morgan fingerprint density at radius 1 is 0.868 bits per heavy atom. The number of para-hydroxylation sites is 2. The van der Waals surface area contributed by atoms with Crippen LogP contribution in [0.5, 0.6) is 11.5 Å². The van der Waals surface area contributed by atoms with Gasteiger partial charge in [0, 0.05) is 0 Å². The smallest absolute Gasteiger partial charge is 0.344 e. The van der Waals surface area contributed by atoms with Crippen LogP contribution in [0.4, 0.5) is 11.4 Å². The van der Waals surface area contributed by atoms with Gasteiger partial charge in [0.1, 0.15) is 5.57 Å². The van der Waals surface area contributed by atoms with Crippen LogP contribution in [0.2, 0.25) is 0 Å². The number of nitrogens with zero attached hydrogens (tertiary/aromatic N) is 2. The molecule has 3 aromatic rings. The average molecular weight is 531 g/mol. The summed E-state index contributed by atoms with van der Waals surface area (Å²) in [7, 11) is 1.45. The van der Waals surface area contributed by atoms with Crippen molar-refractivity contribution in [2.75, 3.05) is 23.5 Å². The van der Waals surface area contributed by atoms with E-state index < -0.39 is 17.8 Å². The summed E-state index contributed by atoms with van der Waals surface area (Å²) in [5.74, 6) is -0.967. The lowest BCUT2D eigenvalue weighted by atomic mass is 10.0. The minimum absolute atomic E-state index is 0.0594. The van der Waals surface area contributed by atoms with Crippen molar-refractivity contribution in [1.82, 2.24) is 0 Å². The van der Waals surface area contributed by atoms with Crippen molar-refractivity contribution in [2.45, 2.75) is 20.0 Å². The third kappa shape index (κ3) is 5.73. The zero-order chi connectivity index (χ0) is 27.2. The number of carbonyl (C=O) groups is 3. The van der Waals surface area contributed by atoms with Crippen molar-refractivity contribution in [3.05, 3.63) is 90.0 Å². The minimum atomic E-state index is -0.547. The van der Waals surface area contributed by atoms with Gasteiger partial charge in [0.05, 0.1) is 24.6 Å². The maximum atomic E-state index is 13.6. The van der Waals surface area contributed by atoms with Gasteiger partial charge in [-0.25, -0.2) is 4.79 Å². The van der Waals surface area contributed by atoms with Crippen LogP contribution < -0.4 is 19.3 Å². The summed E-state index contributed by atoms with van der Waals surface area (Å²) < 4.78 is 16.1. The third-order valence-electron chi connectivity index (χ3n) is 5.49. The summed E-state index contributed by atoms with van der Waals surface area (Å²) in [6.45, 7) is 3.21. The van der Waals surface area contributed by atoms with Crippen LogP contribution in [0.25, 0.3) is 6.08 Å². The number of hydrogen-bond donors (Lipinski definition) is 0. The Morgan fingerprint density at radius 2 is 1.42 bits per heavy atom. The average Bonchev–Trinajstić information content (AvgIpc) is 2.91. The van der Waals surface area contributed by atoms with E-state index in [0.29, 0.717) is 28.4 Å². The van der Waals surface area contributed by atoms with Crippen LogP contribution in [0.3, 0.4) is 0 Å². The van der Waals surface area contributed by atoms with Crippen LogP contribution >= 0.6 is 12.2 Å². The number of benzene rings is 3. The first kappa shape index (κ1) is 26.6. The monoisotopic (exact) mass is 530 g/mol. The number of amides is 2. The van der Waals surface area contributed by atoms with Gasteiger partial charge in [-0.1, -0.05) is 42.5 Å². The predicted molar refractivity (Wildman–Crippen MR) is 148 cm³/mol. The molecule has 194 valence electrons. The summed E-state index contributed by atoms with van der Waals surface area (Å²) in [5, 5.41) is 0.0594. The molecule has 4 rings (SSSR count). The summed E-state index contributed by atoms with van der Waals surface area (Å²) in [5.41, 5.74) is 1.51. The van der Waals surface area contributed by atoms with Gasteiger partial charge in [-0.15, -0.1) is 0 Å².